The third-order valence-corrected chi connectivity index (χ3v) is 3.54. The van der Waals surface area contributed by atoms with Gasteiger partial charge in [0.05, 0.1) is 6.04 Å². The lowest BCUT2D eigenvalue weighted by atomic mass is 10.2. The lowest BCUT2D eigenvalue weighted by Gasteiger charge is -2.36. The van der Waals surface area contributed by atoms with Crippen molar-refractivity contribution in [3.05, 3.63) is 0 Å². The van der Waals surface area contributed by atoms with Crippen molar-refractivity contribution in [2.45, 2.75) is 6.04 Å². The van der Waals surface area contributed by atoms with Gasteiger partial charge in [-0.2, -0.15) is 15.0 Å². The van der Waals surface area contributed by atoms with Crippen molar-refractivity contribution in [2.24, 2.45) is 0 Å². The van der Waals surface area contributed by atoms with Crippen LogP contribution in [0.2, 0.25) is 0 Å². The Bertz CT molecular complexity index is 533. The first-order valence-electron chi connectivity index (χ1n) is 6.53. The molecule has 1 unspecified atom stereocenters. The highest BCUT2D eigenvalue weighted by molar-refractivity contribution is 5.77. The molecule has 2 fully saturated rings. The summed E-state index contributed by atoms with van der Waals surface area (Å²) in [7, 11) is 3.71. The van der Waals surface area contributed by atoms with Gasteiger partial charge in [0.2, 0.25) is 17.8 Å². The molecule has 3 heterocycles. The third kappa shape index (κ3) is 2.15. The minimum atomic E-state index is 0.0128. The highest BCUT2D eigenvalue weighted by Gasteiger charge is 2.36. The molecule has 3 N–H and O–H groups in total. The summed E-state index contributed by atoms with van der Waals surface area (Å²) in [5.74, 6) is 1.32. The molecule has 2 aliphatic heterocycles. The quantitative estimate of drug-likeness (QED) is 0.695. The molecule has 1 aromatic rings. The Morgan fingerprint density at radius 2 is 2.10 bits per heavy atom. The number of amides is 2. The first-order valence-corrected chi connectivity index (χ1v) is 6.53. The minimum Gasteiger partial charge on any atom is -0.368 e. The lowest BCUT2D eigenvalue weighted by molar-refractivity contribution is 0.197. The molecule has 108 valence electrons. The molecule has 0 bridgehead atoms. The van der Waals surface area contributed by atoms with Crippen molar-refractivity contribution in [3.8, 4) is 0 Å². The van der Waals surface area contributed by atoms with Crippen LogP contribution in [0.4, 0.5) is 22.6 Å². The molecule has 9 nitrogen and oxygen atoms in total. The Labute approximate surface area is 116 Å². The summed E-state index contributed by atoms with van der Waals surface area (Å²) in [6.45, 7) is 2.73. The highest BCUT2D eigenvalue weighted by Crippen LogP contribution is 2.20. The Morgan fingerprint density at radius 1 is 1.30 bits per heavy atom. The molecule has 2 aliphatic rings. The van der Waals surface area contributed by atoms with E-state index in [2.05, 4.69) is 20.3 Å². The van der Waals surface area contributed by atoms with Crippen LogP contribution in [0.3, 0.4) is 0 Å². The van der Waals surface area contributed by atoms with Crippen LogP contribution in [-0.2, 0) is 0 Å². The Hall–Kier alpha value is -2.32. The summed E-state index contributed by atoms with van der Waals surface area (Å²) in [6.07, 6.45) is 0. The van der Waals surface area contributed by atoms with Crippen LogP contribution < -0.4 is 20.9 Å². The molecule has 0 aromatic carbocycles. The summed E-state index contributed by atoms with van der Waals surface area (Å²) in [4.78, 5) is 30.0. The van der Waals surface area contributed by atoms with Crippen molar-refractivity contribution < 1.29 is 4.79 Å². The number of hydrogen-bond acceptors (Lipinski definition) is 7. The van der Waals surface area contributed by atoms with Crippen LogP contribution in [0.15, 0.2) is 0 Å². The predicted octanol–water partition coefficient (Wildman–Crippen LogP) is -1.27. The summed E-state index contributed by atoms with van der Waals surface area (Å²) in [6, 6.07) is 0.177. The van der Waals surface area contributed by atoms with Gasteiger partial charge in [0.15, 0.2) is 0 Å². The number of anilines is 3. The topological polar surface area (TPSA) is 104 Å². The van der Waals surface area contributed by atoms with Gasteiger partial charge in [0.1, 0.15) is 0 Å². The summed E-state index contributed by atoms with van der Waals surface area (Å²) in [5, 5.41) is 2.85. The Morgan fingerprint density at radius 3 is 2.85 bits per heavy atom. The van der Waals surface area contributed by atoms with Crippen molar-refractivity contribution in [1.82, 2.24) is 25.2 Å². The van der Waals surface area contributed by atoms with Gasteiger partial charge in [-0.05, 0) is 0 Å². The van der Waals surface area contributed by atoms with E-state index >= 15 is 0 Å². The van der Waals surface area contributed by atoms with Gasteiger partial charge in [0, 0.05) is 40.3 Å². The van der Waals surface area contributed by atoms with E-state index in [4.69, 9.17) is 5.73 Å². The average molecular weight is 278 g/mol. The maximum atomic E-state index is 11.6. The maximum Gasteiger partial charge on any atom is 0.317 e. The van der Waals surface area contributed by atoms with Crippen molar-refractivity contribution in [2.75, 3.05) is 55.8 Å². The molecular weight excluding hydrogens is 260 g/mol. The van der Waals surface area contributed by atoms with Crippen LogP contribution in [0.5, 0.6) is 0 Å². The van der Waals surface area contributed by atoms with E-state index in [1.807, 2.05) is 23.9 Å². The average Bonchev–Trinajstić information content (AvgIpc) is 2.79. The fraction of sp³-hybridized carbons (Fsp3) is 0.636. The maximum absolute atomic E-state index is 11.6. The van der Waals surface area contributed by atoms with Crippen molar-refractivity contribution in [1.29, 1.82) is 0 Å². The van der Waals surface area contributed by atoms with E-state index in [1.54, 1.807) is 4.90 Å². The number of urea groups is 1. The number of aromatic nitrogens is 3. The number of nitrogens with two attached hydrogens (primary N) is 1. The van der Waals surface area contributed by atoms with E-state index < -0.39 is 0 Å². The Balaban J connectivity index is 1.82. The smallest absolute Gasteiger partial charge is 0.317 e. The van der Waals surface area contributed by atoms with Gasteiger partial charge < -0.3 is 25.8 Å². The number of hydrogen-bond donors (Lipinski definition) is 2. The predicted molar refractivity (Wildman–Crippen MR) is 74.7 cm³/mol. The zero-order chi connectivity index (χ0) is 14.3. The fourth-order valence-corrected chi connectivity index (χ4v) is 2.50. The number of piperazine rings is 1. The number of carbonyl (C=O) groups excluding carboxylic acids is 1. The monoisotopic (exact) mass is 278 g/mol. The lowest BCUT2D eigenvalue weighted by Crippen LogP contribution is -2.52. The fourth-order valence-electron chi connectivity index (χ4n) is 2.50. The van der Waals surface area contributed by atoms with Crippen LogP contribution >= 0.6 is 0 Å². The van der Waals surface area contributed by atoms with E-state index in [-0.39, 0.29) is 18.0 Å². The molecule has 0 spiro atoms. The molecule has 0 saturated carbocycles. The van der Waals surface area contributed by atoms with Crippen LogP contribution in [0.1, 0.15) is 0 Å². The van der Waals surface area contributed by atoms with Crippen molar-refractivity contribution >= 4 is 23.9 Å². The molecule has 20 heavy (non-hydrogen) atoms. The molecule has 2 amide bonds. The second-order valence-corrected chi connectivity index (χ2v) is 5.17. The van der Waals surface area contributed by atoms with Gasteiger partial charge >= 0.3 is 6.03 Å². The van der Waals surface area contributed by atoms with E-state index in [0.717, 1.165) is 0 Å². The zero-order valence-electron chi connectivity index (χ0n) is 11.6. The standard InChI is InChI=1S/C11H18N8O/c1-17(2)9-14-8(12)15-10(16-9)18-3-4-19-7(6-18)5-13-11(19)20/h7H,3-6H2,1-2H3,(H,13,20)(H2,12,14,15,16). The number of nitrogens with zero attached hydrogens (tertiary/aromatic N) is 6. The normalized spacial score (nSPS) is 21.7. The first kappa shape index (κ1) is 12.7. The number of nitrogen functional groups attached to an aromatic ring is 1. The summed E-state index contributed by atoms with van der Waals surface area (Å²) < 4.78 is 0. The molecule has 2 saturated heterocycles. The van der Waals surface area contributed by atoms with Gasteiger partial charge in [-0.3, -0.25) is 0 Å². The first-order chi connectivity index (χ1) is 9.54. The number of nitrogens with one attached hydrogen (secondary N) is 1. The van der Waals surface area contributed by atoms with Crippen LogP contribution in [-0.4, -0.2) is 72.2 Å². The third-order valence-electron chi connectivity index (χ3n) is 3.54. The van der Waals surface area contributed by atoms with Gasteiger partial charge in [-0.1, -0.05) is 0 Å². The molecule has 3 rings (SSSR count). The molecule has 0 radical (unpaired) electrons. The second-order valence-electron chi connectivity index (χ2n) is 5.17. The number of carbonyl (C=O) groups is 1. The van der Waals surface area contributed by atoms with Crippen LogP contribution in [0.25, 0.3) is 0 Å². The SMILES string of the molecule is CN(C)c1nc(N)nc(N2CCN3C(=O)NCC3C2)n1. The largest absolute Gasteiger partial charge is 0.368 e. The highest BCUT2D eigenvalue weighted by atomic mass is 16.2. The van der Waals surface area contributed by atoms with Gasteiger partial charge in [-0.25, -0.2) is 4.79 Å². The zero-order valence-corrected chi connectivity index (χ0v) is 11.6. The number of fused-ring (bicyclic) bond motifs is 1. The molecular formula is C11H18N8O. The summed E-state index contributed by atoms with van der Waals surface area (Å²) in [5.41, 5.74) is 5.74. The number of rotatable bonds is 2. The molecule has 1 atom stereocenters. The minimum absolute atomic E-state index is 0.0128. The van der Waals surface area contributed by atoms with E-state index in [0.29, 0.717) is 38.1 Å². The van der Waals surface area contributed by atoms with Gasteiger partial charge in [-0.15, -0.1) is 0 Å². The van der Waals surface area contributed by atoms with E-state index in [1.165, 1.54) is 0 Å². The summed E-state index contributed by atoms with van der Waals surface area (Å²) >= 11 is 0. The Kier molecular flexibility index (Phi) is 2.96. The molecule has 9 heteroatoms. The van der Waals surface area contributed by atoms with E-state index in [9.17, 15) is 4.79 Å². The second kappa shape index (κ2) is 4.66. The molecule has 0 aliphatic carbocycles. The van der Waals surface area contributed by atoms with Gasteiger partial charge in [0.25, 0.3) is 0 Å². The van der Waals surface area contributed by atoms with Crippen LogP contribution in [0, 0.1) is 0 Å². The van der Waals surface area contributed by atoms with Crippen molar-refractivity contribution in [3.63, 3.8) is 0 Å². The molecule has 1 aromatic heterocycles.